The second-order valence-electron chi connectivity index (χ2n) is 5.89. The number of nitrogens with zero attached hydrogens (tertiary/aromatic N) is 3. The van der Waals surface area contributed by atoms with Gasteiger partial charge in [-0.1, -0.05) is 17.4 Å². The van der Waals surface area contributed by atoms with Crippen molar-refractivity contribution in [1.29, 1.82) is 0 Å². The molecule has 24 heavy (non-hydrogen) atoms. The lowest BCUT2D eigenvalue weighted by Gasteiger charge is -2.12. The Morgan fingerprint density at radius 3 is 2.79 bits per heavy atom. The first-order chi connectivity index (χ1) is 11.4. The third-order valence-electron chi connectivity index (χ3n) is 3.49. The molecule has 124 valence electrons. The van der Waals surface area contributed by atoms with Crippen LogP contribution in [-0.4, -0.2) is 34.9 Å². The van der Waals surface area contributed by atoms with Gasteiger partial charge in [0, 0.05) is 30.8 Å². The van der Waals surface area contributed by atoms with E-state index in [1.54, 1.807) is 6.20 Å². The molecule has 3 rings (SSSR count). The highest BCUT2D eigenvalue weighted by Crippen LogP contribution is 2.31. The van der Waals surface area contributed by atoms with Gasteiger partial charge in [0.05, 0.1) is 10.2 Å². The third kappa shape index (κ3) is 3.52. The Kier molecular flexibility index (Phi) is 4.46. The van der Waals surface area contributed by atoms with Gasteiger partial charge in [-0.25, -0.2) is 9.97 Å². The van der Waals surface area contributed by atoms with Crippen LogP contribution in [0.5, 0.6) is 0 Å². The quantitative estimate of drug-likeness (QED) is 0.762. The lowest BCUT2D eigenvalue weighted by Crippen LogP contribution is -2.13. The average molecular weight is 341 g/mol. The maximum absolute atomic E-state index is 11.2. The molecule has 0 spiro atoms. The standard InChI is InChI=1S/C17H19N5OS/c1-10(23)20-17-21-14-5-4-11(7-15(14)24-17)12-6-13(9-22(2)3)16(18)19-8-12/h4-8H,9H2,1-3H3,(H2,18,19)(H,20,21,23). The maximum atomic E-state index is 11.2. The molecule has 2 heterocycles. The molecule has 0 saturated heterocycles. The summed E-state index contributed by atoms with van der Waals surface area (Å²) in [7, 11) is 4.00. The van der Waals surface area contributed by atoms with Crippen molar-refractivity contribution in [3.8, 4) is 11.1 Å². The summed E-state index contributed by atoms with van der Waals surface area (Å²) in [6.45, 7) is 2.21. The summed E-state index contributed by atoms with van der Waals surface area (Å²) in [6, 6.07) is 8.09. The summed E-state index contributed by atoms with van der Waals surface area (Å²) in [6.07, 6.45) is 1.78. The first-order valence-corrected chi connectivity index (χ1v) is 8.31. The zero-order valence-electron chi connectivity index (χ0n) is 13.8. The zero-order chi connectivity index (χ0) is 17.3. The van der Waals surface area contributed by atoms with Crippen LogP contribution in [0.4, 0.5) is 10.9 Å². The number of anilines is 2. The van der Waals surface area contributed by atoms with Gasteiger partial charge < -0.3 is 16.0 Å². The first-order valence-electron chi connectivity index (χ1n) is 7.50. The van der Waals surface area contributed by atoms with E-state index in [0.29, 0.717) is 10.9 Å². The Labute approximate surface area is 144 Å². The van der Waals surface area contributed by atoms with Gasteiger partial charge in [0.25, 0.3) is 0 Å². The van der Waals surface area contributed by atoms with Crippen LogP contribution in [0.25, 0.3) is 21.3 Å². The molecule has 0 bridgehead atoms. The Morgan fingerprint density at radius 2 is 2.08 bits per heavy atom. The van der Waals surface area contributed by atoms with E-state index in [4.69, 9.17) is 5.73 Å². The fraction of sp³-hybridized carbons (Fsp3) is 0.235. The lowest BCUT2D eigenvalue weighted by atomic mass is 10.1. The van der Waals surface area contributed by atoms with E-state index in [1.165, 1.54) is 18.3 Å². The number of thiazole rings is 1. The molecule has 0 fully saturated rings. The number of nitrogens with two attached hydrogens (primary N) is 1. The number of nitrogen functional groups attached to an aromatic ring is 1. The molecule has 0 atom stereocenters. The Hall–Kier alpha value is -2.51. The molecule has 0 radical (unpaired) electrons. The SMILES string of the molecule is CC(=O)Nc1nc2ccc(-c3cnc(N)c(CN(C)C)c3)cc2s1. The minimum Gasteiger partial charge on any atom is -0.383 e. The molecule has 1 aromatic carbocycles. The molecule has 7 heteroatoms. The molecule has 1 amide bonds. The van der Waals surface area contributed by atoms with Crippen LogP contribution in [0, 0.1) is 0 Å². The lowest BCUT2D eigenvalue weighted by molar-refractivity contribution is -0.114. The minimum absolute atomic E-state index is 0.120. The predicted octanol–water partition coefficient (Wildman–Crippen LogP) is 2.96. The van der Waals surface area contributed by atoms with Gasteiger partial charge in [0.15, 0.2) is 5.13 Å². The molecule has 0 aliphatic rings. The maximum Gasteiger partial charge on any atom is 0.223 e. The number of hydrogen-bond donors (Lipinski definition) is 2. The van der Waals surface area contributed by atoms with Gasteiger partial charge in [-0.3, -0.25) is 4.79 Å². The highest BCUT2D eigenvalue weighted by Gasteiger charge is 2.09. The normalized spacial score (nSPS) is 11.2. The number of carbonyl (C=O) groups is 1. The highest BCUT2D eigenvalue weighted by atomic mass is 32.1. The fourth-order valence-electron chi connectivity index (χ4n) is 2.45. The minimum atomic E-state index is -0.120. The molecule has 3 aromatic rings. The van der Waals surface area contributed by atoms with E-state index in [1.807, 2.05) is 26.2 Å². The second-order valence-corrected chi connectivity index (χ2v) is 6.92. The van der Waals surface area contributed by atoms with E-state index in [2.05, 4.69) is 32.3 Å². The average Bonchev–Trinajstić information content (AvgIpc) is 2.89. The monoisotopic (exact) mass is 341 g/mol. The van der Waals surface area contributed by atoms with E-state index >= 15 is 0 Å². The smallest absolute Gasteiger partial charge is 0.223 e. The number of carbonyl (C=O) groups excluding carboxylic acids is 1. The van der Waals surface area contributed by atoms with Crippen molar-refractivity contribution in [3.63, 3.8) is 0 Å². The van der Waals surface area contributed by atoms with Crippen molar-refractivity contribution in [1.82, 2.24) is 14.9 Å². The van der Waals surface area contributed by atoms with Crippen molar-refractivity contribution < 1.29 is 4.79 Å². The molecule has 0 aliphatic carbocycles. The van der Waals surface area contributed by atoms with Crippen molar-refractivity contribution in [3.05, 3.63) is 36.0 Å². The largest absolute Gasteiger partial charge is 0.383 e. The van der Waals surface area contributed by atoms with Crippen LogP contribution in [0.15, 0.2) is 30.5 Å². The number of rotatable bonds is 4. The number of nitrogens with one attached hydrogen (secondary N) is 1. The van der Waals surface area contributed by atoms with Crippen LogP contribution in [0.2, 0.25) is 0 Å². The molecular weight excluding hydrogens is 322 g/mol. The van der Waals surface area contributed by atoms with Crippen LogP contribution in [0.3, 0.4) is 0 Å². The summed E-state index contributed by atoms with van der Waals surface area (Å²) in [5.74, 6) is 0.435. The van der Waals surface area contributed by atoms with Crippen LogP contribution in [-0.2, 0) is 11.3 Å². The van der Waals surface area contributed by atoms with Gasteiger partial charge in [0.1, 0.15) is 5.82 Å². The van der Waals surface area contributed by atoms with E-state index in [9.17, 15) is 4.79 Å². The van der Waals surface area contributed by atoms with Gasteiger partial charge in [0.2, 0.25) is 5.91 Å². The Balaban J connectivity index is 1.98. The molecule has 3 N–H and O–H groups in total. The Morgan fingerprint density at radius 1 is 1.29 bits per heavy atom. The van der Waals surface area contributed by atoms with Crippen LogP contribution in [0.1, 0.15) is 12.5 Å². The highest BCUT2D eigenvalue weighted by molar-refractivity contribution is 7.22. The number of hydrogen-bond acceptors (Lipinski definition) is 6. The number of amides is 1. The van der Waals surface area contributed by atoms with E-state index < -0.39 is 0 Å². The molecular formula is C17H19N5OS. The third-order valence-corrected chi connectivity index (χ3v) is 4.43. The summed E-state index contributed by atoms with van der Waals surface area (Å²) >= 11 is 1.46. The summed E-state index contributed by atoms with van der Waals surface area (Å²) < 4.78 is 1.02. The van der Waals surface area contributed by atoms with Gasteiger partial charge in [-0.05, 0) is 37.9 Å². The number of fused-ring (bicyclic) bond motifs is 1. The Bertz CT molecular complexity index is 903. The summed E-state index contributed by atoms with van der Waals surface area (Å²) in [5, 5.41) is 3.34. The predicted molar refractivity (Wildman–Crippen MR) is 99.0 cm³/mol. The van der Waals surface area contributed by atoms with Gasteiger partial charge in [-0.15, -0.1) is 0 Å². The van der Waals surface area contributed by atoms with Crippen LogP contribution < -0.4 is 11.1 Å². The second kappa shape index (κ2) is 6.54. The molecule has 0 aliphatic heterocycles. The van der Waals surface area contributed by atoms with E-state index in [-0.39, 0.29) is 5.91 Å². The van der Waals surface area contributed by atoms with Gasteiger partial charge in [-0.2, -0.15) is 0 Å². The fourth-order valence-corrected chi connectivity index (χ4v) is 3.41. The van der Waals surface area contributed by atoms with Crippen molar-refractivity contribution in [2.75, 3.05) is 25.1 Å². The number of pyridine rings is 1. The van der Waals surface area contributed by atoms with E-state index in [0.717, 1.165) is 33.5 Å². The van der Waals surface area contributed by atoms with Crippen molar-refractivity contribution >= 4 is 38.4 Å². The number of benzene rings is 1. The molecule has 0 unspecified atom stereocenters. The molecule has 0 saturated carbocycles. The topological polar surface area (TPSA) is 84.1 Å². The summed E-state index contributed by atoms with van der Waals surface area (Å²) in [4.78, 5) is 21.9. The zero-order valence-corrected chi connectivity index (χ0v) is 14.6. The first kappa shape index (κ1) is 16.4. The molecule has 2 aromatic heterocycles. The van der Waals surface area contributed by atoms with Crippen molar-refractivity contribution in [2.24, 2.45) is 0 Å². The number of aromatic nitrogens is 2. The van der Waals surface area contributed by atoms with Crippen molar-refractivity contribution in [2.45, 2.75) is 13.5 Å². The molecule has 6 nitrogen and oxygen atoms in total. The summed E-state index contributed by atoms with van der Waals surface area (Å²) in [5.41, 5.74) is 9.90. The van der Waals surface area contributed by atoms with Gasteiger partial charge >= 0.3 is 0 Å². The van der Waals surface area contributed by atoms with Crippen LogP contribution >= 0.6 is 11.3 Å².